The van der Waals surface area contributed by atoms with Gasteiger partial charge in [0, 0.05) is 55.4 Å². The van der Waals surface area contributed by atoms with Crippen LogP contribution in [0.5, 0.6) is 11.5 Å². The van der Waals surface area contributed by atoms with Crippen LogP contribution in [0, 0.1) is 5.82 Å². The van der Waals surface area contributed by atoms with Crippen LogP contribution in [-0.2, 0) is 17.8 Å². The molecule has 158 valence electrons. The van der Waals surface area contributed by atoms with Crippen molar-refractivity contribution in [3.8, 4) is 11.5 Å². The van der Waals surface area contributed by atoms with Gasteiger partial charge in [-0.05, 0) is 42.0 Å². The topological polar surface area (TPSA) is 57.8 Å². The summed E-state index contributed by atoms with van der Waals surface area (Å²) in [4.78, 5) is 20.2. The number of hydrogen-bond donors (Lipinski definition) is 1. The van der Waals surface area contributed by atoms with Gasteiger partial charge in [-0.2, -0.15) is 0 Å². The van der Waals surface area contributed by atoms with Crippen LogP contribution in [0.3, 0.4) is 0 Å². The second-order valence-corrected chi connectivity index (χ2v) is 7.52. The third-order valence-corrected chi connectivity index (χ3v) is 5.68. The minimum atomic E-state index is -0.269. The Morgan fingerprint density at radius 2 is 1.83 bits per heavy atom. The lowest BCUT2D eigenvalue weighted by atomic mass is 10.1. The Kier molecular flexibility index (Phi) is 5.90. The van der Waals surface area contributed by atoms with Crippen LogP contribution in [0.1, 0.15) is 11.1 Å². The monoisotopic (exact) mass is 411 g/mol. The number of carbonyl (C=O) groups is 1. The van der Waals surface area contributed by atoms with Crippen molar-refractivity contribution in [2.75, 3.05) is 40.4 Å². The molecule has 0 spiro atoms. The summed E-state index contributed by atoms with van der Waals surface area (Å²) in [5, 5.41) is 1.01. The maximum Gasteiger partial charge on any atom is 0.227 e. The molecule has 1 amide bonds. The fraction of sp³-hybridized carbons (Fsp3) is 0.348. The Balaban J connectivity index is 1.36. The van der Waals surface area contributed by atoms with E-state index < -0.39 is 0 Å². The molecule has 3 aromatic rings. The standard InChI is InChI=1S/C23H26FN3O3/c1-29-19-4-5-21-20(13-19)16(14-25-21)12-23(28)27-9-7-26(8-10-27)15-17-11-18(24)3-6-22(17)30-2/h3-6,11,13-14,25H,7-10,12,15H2,1-2H3. The summed E-state index contributed by atoms with van der Waals surface area (Å²) >= 11 is 0. The molecule has 0 bridgehead atoms. The summed E-state index contributed by atoms with van der Waals surface area (Å²) in [5.41, 5.74) is 2.79. The van der Waals surface area contributed by atoms with Gasteiger partial charge >= 0.3 is 0 Å². The lowest BCUT2D eigenvalue weighted by molar-refractivity contribution is -0.132. The van der Waals surface area contributed by atoms with Gasteiger partial charge in [0.15, 0.2) is 0 Å². The second-order valence-electron chi connectivity index (χ2n) is 7.52. The van der Waals surface area contributed by atoms with Crippen LogP contribution in [0.2, 0.25) is 0 Å². The van der Waals surface area contributed by atoms with E-state index in [1.165, 1.54) is 12.1 Å². The van der Waals surface area contributed by atoms with Gasteiger partial charge in [0.05, 0.1) is 20.6 Å². The van der Waals surface area contributed by atoms with Gasteiger partial charge in [0.25, 0.3) is 0 Å². The summed E-state index contributed by atoms with van der Waals surface area (Å²) in [6.45, 7) is 3.40. The molecule has 1 saturated heterocycles. The molecule has 0 unspecified atom stereocenters. The Bertz CT molecular complexity index is 1040. The van der Waals surface area contributed by atoms with Crippen molar-refractivity contribution in [3.05, 3.63) is 59.5 Å². The number of rotatable bonds is 6. The third kappa shape index (κ3) is 4.26. The van der Waals surface area contributed by atoms with Crippen molar-refractivity contribution in [1.82, 2.24) is 14.8 Å². The normalized spacial score (nSPS) is 14.8. The zero-order valence-corrected chi connectivity index (χ0v) is 17.3. The molecule has 1 aliphatic heterocycles. The highest BCUT2D eigenvalue weighted by atomic mass is 19.1. The first-order valence-corrected chi connectivity index (χ1v) is 10.0. The van der Waals surface area contributed by atoms with Crippen LogP contribution in [0.4, 0.5) is 4.39 Å². The predicted octanol–water partition coefficient (Wildman–Crippen LogP) is 3.21. The molecule has 30 heavy (non-hydrogen) atoms. The number of piperazine rings is 1. The number of H-pyrrole nitrogens is 1. The summed E-state index contributed by atoms with van der Waals surface area (Å²) in [6, 6.07) is 10.4. The number of carbonyl (C=O) groups excluding carboxylic acids is 1. The largest absolute Gasteiger partial charge is 0.497 e. The van der Waals surface area contributed by atoms with Crippen molar-refractivity contribution < 1.29 is 18.7 Å². The molecular weight excluding hydrogens is 385 g/mol. The maximum absolute atomic E-state index is 13.6. The fourth-order valence-corrected chi connectivity index (χ4v) is 3.97. The molecule has 4 rings (SSSR count). The first-order chi connectivity index (χ1) is 14.6. The minimum Gasteiger partial charge on any atom is -0.497 e. The lowest BCUT2D eigenvalue weighted by Crippen LogP contribution is -2.48. The molecule has 1 aromatic heterocycles. The van der Waals surface area contributed by atoms with Gasteiger partial charge in [-0.3, -0.25) is 9.69 Å². The fourth-order valence-electron chi connectivity index (χ4n) is 3.97. The van der Waals surface area contributed by atoms with Crippen LogP contribution < -0.4 is 9.47 Å². The van der Waals surface area contributed by atoms with Gasteiger partial charge in [0.1, 0.15) is 17.3 Å². The van der Waals surface area contributed by atoms with Gasteiger partial charge in [-0.1, -0.05) is 0 Å². The molecule has 0 aliphatic carbocycles. The average molecular weight is 411 g/mol. The van der Waals surface area contributed by atoms with E-state index in [4.69, 9.17) is 9.47 Å². The molecule has 0 saturated carbocycles. The van der Waals surface area contributed by atoms with Crippen molar-refractivity contribution in [3.63, 3.8) is 0 Å². The first-order valence-electron chi connectivity index (χ1n) is 10.0. The Hall–Kier alpha value is -3.06. The van der Waals surface area contributed by atoms with E-state index in [2.05, 4.69) is 9.88 Å². The zero-order valence-electron chi connectivity index (χ0n) is 17.3. The Labute approximate surface area is 175 Å². The van der Waals surface area contributed by atoms with E-state index >= 15 is 0 Å². The first kappa shape index (κ1) is 20.2. The number of amides is 1. The summed E-state index contributed by atoms with van der Waals surface area (Å²) in [7, 11) is 3.23. The number of benzene rings is 2. The van der Waals surface area contributed by atoms with Crippen LogP contribution in [0.25, 0.3) is 10.9 Å². The number of nitrogens with one attached hydrogen (secondary N) is 1. The van der Waals surface area contributed by atoms with E-state index in [0.717, 1.165) is 40.9 Å². The Morgan fingerprint density at radius 3 is 2.57 bits per heavy atom. The molecule has 0 atom stereocenters. The third-order valence-electron chi connectivity index (χ3n) is 5.68. The number of nitrogens with zero attached hydrogens (tertiary/aromatic N) is 2. The predicted molar refractivity (Wildman–Crippen MR) is 113 cm³/mol. The molecule has 2 heterocycles. The van der Waals surface area contributed by atoms with Crippen molar-refractivity contribution in [2.24, 2.45) is 0 Å². The van der Waals surface area contributed by atoms with E-state index in [1.54, 1.807) is 20.3 Å². The SMILES string of the molecule is COc1ccc2[nH]cc(CC(=O)N3CCN(Cc4cc(F)ccc4OC)CC3)c2c1. The number of fused-ring (bicyclic) bond motifs is 1. The summed E-state index contributed by atoms with van der Waals surface area (Å²) in [5.74, 6) is 1.30. The number of aromatic amines is 1. The minimum absolute atomic E-state index is 0.113. The van der Waals surface area contributed by atoms with E-state index in [9.17, 15) is 9.18 Å². The highest BCUT2D eigenvalue weighted by molar-refractivity contribution is 5.89. The smallest absolute Gasteiger partial charge is 0.227 e. The highest BCUT2D eigenvalue weighted by Crippen LogP contribution is 2.25. The molecule has 1 fully saturated rings. The second kappa shape index (κ2) is 8.75. The summed E-state index contributed by atoms with van der Waals surface area (Å²) < 4.78 is 24.3. The van der Waals surface area contributed by atoms with Crippen molar-refractivity contribution in [1.29, 1.82) is 0 Å². The molecule has 0 radical (unpaired) electrons. The molecule has 2 aromatic carbocycles. The number of methoxy groups -OCH3 is 2. The van der Waals surface area contributed by atoms with E-state index in [0.29, 0.717) is 31.8 Å². The molecule has 7 heteroatoms. The average Bonchev–Trinajstić information content (AvgIpc) is 3.16. The maximum atomic E-state index is 13.6. The molecule has 6 nitrogen and oxygen atoms in total. The molecular formula is C23H26FN3O3. The number of ether oxygens (including phenoxy) is 2. The van der Waals surface area contributed by atoms with Crippen LogP contribution in [0.15, 0.2) is 42.6 Å². The number of aromatic nitrogens is 1. The van der Waals surface area contributed by atoms with Gasteiger partial charge in [0.2, 0.25) is 5.91 Å². The van der Waals surface area contributed by atoms with Gasteiger partial charge in [-0.25, -0.2) is 4.39 Å². The van der Waals surface area contributed by atoms with E-state index in [-0.39, 0.29) is 11.7 Å². The summed E-state index contributed by atoms with van der Waals surface area (Å²) in [6.07, 6.45) is 2.25. The van der Waals surface area contributed by atoms with Gasteiger partial charge < -0.3 is 19.4 Å². The number of hydrogen-bond acceptors (Lipinski definition) is 4. The molecule has 1 N–H and O–H groups in total. The number of halogens is 1. The van der Waals surface area contributed by atoms with Crippen LogP contribution >= 0.6 is 0 Å². The van der Waals surface area contributed by atoms with Crippen molar-refractivity contribution in [2.45, 2.75) is 13.0 Å². The Morgan fingerprint density at radius 1 is 1.03 bits per heavy atom. The quantitative estimate of drug-likeness (QED) is 0.677. The van der Waals surface area contributed by atoms with Crippen molar-refractivity contribution >= 4 is 16.8 Å². The van der Waals surface area contributed by atoms with E-state index in [1.807, 2.05) is 29.3 Å². The molecule has 1 aliphatic rings. The zero-order chi connectivity index (χ0) is 21.1. The van der Waals surface area contributed by atoms with Gasteiger partial charge in [-0.15, -0.1) is 0 Å². The van der Waals surface area contributed by atoms with Crippen LogP contribution in [-0.4, -0.2) is 61.1 Å². The lowest BCUT2D eigenvalue weighted by Gasteiger charge is -2.35. The highest BCUT2D eigenvalue weighted by Gasteiger charge is 2.23.